The van der Waals surface area contributed by atoms with Gasteiger partial charge in [0.05, 0.1) is 6.61 Å². The monoisotopic (exact) mass is 423 g/mol. The molecule has 1 N–H and O–H groups in total. The van der Waals surface area contributed by atoms with E-state index in [1.807, 2.05) is 0 Å². The summed E-state index contributed by atoms with van der Waals surface area (Å²) >= 11 is 0. The maximum atomic E-state index is 11.1. The van der Waals surface area contributed by atoms with Gasteiger partial charge in [0, 0.05) is 29.6 Å². The predicted molar refractivity (Wildman–Crippen MR) is 120 cm³/mol. The summed E-state index contributed by atoms with van der Waals surface area (Å²) in [6.07, 6.45) is 0.641. The molecule has 1 fully saturated rings. The highest BCUT2D eigenvalue weighted by atomic mass is 31.2. The van der Waals surface area contributed by atoms with Gasteiger partial charge in [-0.05, 0) is 43.6 Å². The van der Waals surface area contributed by atoms with E-state index in [9.17, 15) is 4.79 Å². The van der Waals surface area contributed by atoms with Crippen LogP contribution >= 0.6 is 8.53 Å². The second-order valence-corrected chi connectivity index (χ2v) is 12.3. The Morgan fingerprint density at radius 2 is 1.59 bits per heavy atom. The van der Waals surface area contributed by atoms with E-state index in [-0.39, 0.29) is 22.8 Å². The number of hydrogen-bond acceptors (Lipinski definition) is 4. The molecular weight excluding hydrogens is 385 g/mol. The van der Waals surface area contributed by atoms with Gasteiger partial charge in [0.1, 0.15) is 5.75 Å². The third-order valence-electron chi connectivity index (χ3n) is 5.04. The second-order valence-electron chi connectivity index (χ2n) is 10.9. The standard InChI is InChI=1S/C23H38NO4P/c1-21(2,3)17-14-16(10-11-19(25)26)15-18(22(4,5)6)20(17)28-29-24(12-13-27-29)23(7,8)9/h14-15H,10-13H2,1-9H3,(H,25,26). The van der Waals surface area contributed by atoms with Crippen LogP contribution in [-0.4, -0.2) is 34.4 Å². The van der Waals surface area contributed by atoms with Gasteiger partial charge < -0.3 is 14.2 Å². The predicted octanol–water partition coefficient (Wildman–Crippen LogP) is 6.04. The molecule has 0 bridgehead atoms. The average molecular weight is 424 g/mol. The molecule has 164 valence electrons. The number of hydrogen-bond donors (Lipinski definition) is 1. The van der Waals surface area contributed by atoms with Crippen molar-refractivity contribution in [3.8, 4) is 5.75 Å². The van der Waals surface area contributed by atoms with Crippen LogP contribution in [-0.2, 0) is 26.6 Å². The van der Waals surface area contributed by atoms with Gasteiger partial charge in [-0.1, -0.05) is 53.7 Å². The smallest absolute Gasteiger partial charge is 0.321 e. The zero-order valence-electron chi connectivity index (χ0n) is 19.5. The Balaban J connectivity index is 2.57. The molecule has 0 aromatic heterocycles. The summed E-state index contributed by atoms with van der Waals surface area (Å²) in [5.74, 6) is 0.120. The summed E-state index contributed by atoms with van der Waals surface area (Å²) < 4.78 is 15.0. The van der Waals surface area contributed by atoms with Crippen molar-refractivity contribution in [2.45, 2.75) is 91.5 Å². The van der Waals surface area contributed by atoms with E-state index >= 15 is 0 Å². The number of aryl methyl sites for hydroxylation is 1. The Morgan fingerprint density at radius 1 is 1.07 bits per heavy atom. The Bertz CT molecular complexity index is 706. The quantitative estimate of drug-likeness (QED) is 0.586. The highest BCUT2D eigenvalue weighted by Crippen LogP contribution is 2.54. The van der Waals surface area contributed by atoms with Gasteiger partial charge >= 0.3 is 14.5 Å². The lowest BCUT2D eigenvalue weighted by molar-refractivity contribution is -0.136. The Kier molecular flexibility index (Phi) is 7.09. The Morgan fingerprint density at radius 3 is 2.00 bits per heavy atom. The van der Waals surface area contributed by atoms with Gasteiger partial charge in [-0.3, -0.25) is 4.79 Å². The fourth-order valence-electron chi connectivity index (χ4n) is 3.39. The van der Waals surface area contributed by atoms with Crippen molar-refractivity contribution < 1.29 is 18.9 Å². The van der Waals surface area contributed by atoms with Crippen molar-refractivity contribution in [2.75, 3.05) is 13.2 Å². The summed E-state index contributed by atoms with van der Waals surface area (Å²) in [6, 6.07) is 4.25. The molecule has 1 atom stereocenters. The minimum Gasteiger partial charge on any atom is -0.481 e. The van der Waals surface area contributed by atoms with Gasteiger partial charge in [0.2, 0.25) is 0 Å². The molecule has 0 saturated carbocycles. The first-order valence-corrected chi connectivity index (χ1v) is 11.5. The van der Waals surface area contributed by atoms with Crippen LogP contribution in [0.2, 0.25) is 0 Å². The number of carbonyl (C=O) groups is 1. The van der Waals surface area contributed by atoms with Crippen LogP contribution in [0, 0.1) is 0 Å². The normalized spacial score (nSPS) is 18.9. The molecule has 1 unspecified atom stereocenters. The molecule has 1 heterocycles. The minimum atomic E-state index is -1.19. The van der Waals surface area contributed by atoms with E-state index < -0.39 is 14.5 Å². The van der Waals surface area contributed by atoms with E-state index in [4.69, 9.17) is 14.2 Å². The SMILES string of the molecule is CC(C)(C)c1cc(CCC(=O)O)cc(C(C)(C)C)c1OP1OCCN1C(C)(C)C. The van der Waals surface area contributed by atoms with Crippen LogP contribution in [0.15, 0.2) is 12.1 Å². The van der Waals surface area contributed by atoms with E-state index in [0.29, 0.717) is 13.0 Å². The van der Waals surface area contributed by atoms with Gasteiger partial charge in [0.25, 0.3) is 0 Å². The number of carboxylic acid groups (broad SMARTS) is 1. The van der Waals surface area contributed by atoms with Crippen molar-refractivity contribution in [1.29, 1.82) is 0 Å². The third-order valence-corrected chi connectivity index (χ3v) is 6.97. The molecule has 1 saturated heterocycles. The number of aliphatic carboxylic acids is 1. The molecule has 5 nitrogen and oxygen atoms in total. The summed E-state index contributed by atoms with van der Waals surface area (Å²) in [4.78, 5) is 11.1. The lowest BCUT2D eigenvalue weighted by Crippen LogP contribution is -2.36. The molecule has 1 aliphatic heterocycles. The molecule has 6 heteroatoms. The molecular formula is C23H38NO4P. The zero-order chi connectivity index (χ0) is 22.2. The fraction of sp³-hybridized carbons (Fsp3) is 0.696. The first kappa shape index (κ1) is 24.1. The molecule has 1 aromatic carbocycles. The van der Waals surface area contributed by atoms with Crippen LogP contribution in [0.3, 0.4) is 0 Å². The fourth-order valence-corrected chi connectivity index (χ4v) is 5.00. The summed E-state index contributed by atoms with van der Waals surface area (Å²) in [5, 5.41) is 9.14. The lowest BCUT2D eigenvalue weighted by Gasteiger charge is -2.36. The summed E-state index contributed by atoms with van der Waals surface area (Å²) in [7, 11) is -1.19. The second kappa shape index (κ2) is 8.53. The van der Waals surface area contributed by atoms with Gasteiger partial charge in [0.15, 0.2) is 0 Å². The first-order valence-electron chi connectivity index (χ1n) is 10.4. The molecule has 0 spiro atoms. The minimum absolute atomic E-state index is 0.0343. The number of carboxylic acids is 1. The van der Waals surface area contributed by atoms with Gasteiger partial charge in [-0.25, -0.2) is 4.67 Å². The number of benzene rings is 1. The maximum absolute atomic E-state index is 11.1. The zero-order valence-corrected chi connectivity index (χ0v) is 20.4. The van der Waals surface area contributed by atoms with Crippen molar-refractivity contribution in [3.63, 3.8) is 0 Å². The lowest BCUT2D eigenvalue weighted by atomic mass is 9.78. The Hall–Kier alpha value is -1.16. The van der Waals surface area contributed by atoms with Crippen LogP contribution in [0.1, 0.15) is 85.4 Å². The van der Waals surface area contributed by atoms with Gasteiger partial charge in [-0.15, -0.1) is 0 Å². The van der Waals surface area contributed by atoms with E-state index in [2.05, 4.69) is 79.1 Å². The van der Waals surface area contributed by atoms with Crippen molar-refractivity contribution in [3.05, 3.63) is 28.8 Å². The first-order chi connectivity index (χ1) is 13.1. The molecule has 1 aromatic rings. The van der Waals surface area contributed by atoms with Crippen LogP contribution in [0.4, 0.5) is 0 Å². The number of rotatable bonds is 5. The average Bonchev–Trinajstić information content (AvgIpc) is 2.99. The summed E-state index contributed by atoms with van der Waals surface area (Å²) in [5.41, 5.74) is 2.94. The molecule has 2 rings (SSSR count). The maximum Gasteiger partial charge on any atom is 0.321 e. The Labute approximate surface area is 177 Å². The van der Waals surface area contributed by atoms with Crippen molar-refractivity contribution >= 4 is 14.5 Å². The van der Waals surface area contributed by atoms with E-state index in [1.165, 1.54) is 0 Å². The molecule has 0 radical (unpaired) electrons. The molecule has 1 aliphatic rings. The molecule has 0 amide bonds. The van der Waals surface area contributed by atoms with Crippen LogP contribution in [0.5, 0.6) is 5.75 Å². The van der Waals surface area contributed by atoms with Crippen molar-refractivity contribution in [1.82, 2.24) is 4.67 Å². The highest BCUT2D eigenvalue weighted by Gasteiger charge is 2.39. The van der Waals surface area contributed by atoms with E-state index in [1.54, 1.807) is 0 Å². The van der Waals surface area contributed by atoms with Crippen LogP contribution < -0.4 is 4.52 Å². The van der Waals surface area contributed by atoms with Crippen molar-refractivity contribution in [2.24, 2.45) is 0 Å². The topological polar surface area (TPSA) is 59.0 Å². The van der Waals surface area contributed by atoms with E-state index in [0.717, 1.165) is 29.0 Å². The largest absolute Gasteiger partial charge is 0.481 e. The molecule has 29 heavy (non-hydrogen) atoms. The van der Waals surface area contributed by atoms with Gasteiger partial charge in [-0.2, -0.15) is 0 Å². The number of nitrogens with zero attached hydrogens (tertiary/aromatic N) is 1. The summed E-state index contributed by atoms with van der Waals surface area (Å²) in [6.45, 7) is 21.1. The molecule has 0 aliphatic carbocycles. The third kappa shape index (κ3) is 6.16. The highest BCUT2D eigenvalue weighted by molar-refractivity contribution is 7.45. The van der Waals surface area contributed by atoms with Crippen LogP contribution in [0.25, 0.3) is 0 Å².